The van der Waals surface area contributed by atoms with E-state index in [4.69, 9.17) is 5.73 Å². The van der Waals surface area contributed by atoms with Crippen LogP contribution in [-0.2, 0) is 6.42 Å². The lowest BCUT2D eigenvalue weighted by Crippen LogP contribution is -2.39. The predicted octanol–water partition coefficient (Wildman–Crippen LogP) is 2.43. The highest BCUT2D eigenvalue weighted by molar-refractivity contribution is 5.23. The van der Waals surface area contributed by atoms with Gasteiger partial charge in [-0.25, -0.2) is 0 Å². The van der Waals surface area contributed by atoms with Gasteiger partial charge in [0.05, 0.1) is 0 Å². The first-order valence-corrected chi connectivity index (χ1v) is 4.27. The molecule has 4 heteroatoms. The zero-order valence-electron chi connectivity index (χ0n) is 7.81. The first kappa shape index (κ1) is 11.0. The van der Waals surface area contributed by atoms with E-state index in [1.807, 2.05) is 13.0 Å². The van der Waals surface area contributed by atoms with Crippen LogP contribution in [0.4, 0.5) is 13.2 Å². The van der Waals surface area contributed by atoms with Crippen LogP contribution in [0.1, 0.15) is 11.1 Å². The van der Waals surface area contributed by atoms with Crippen molar-refractivity contribution in [3.8, 4) is 0 Å². The van der Waals surface area contributed by atoms with E-state index in [9.17, 15) is 13.2 Å². The Hall–Kier alpha value is -1.03. The molecule has 0 aromatic heterocycles. The van der Waals surface area contributed by atoms with Crippen LogP contribution in [0.5, 0.6) is 0 Å². The molecule has 0 spiro atoms. The van der Waals surface area contributed by atoms with Gasteiger partial charge in [0.15, 0.2) is 0 Å². The van der Waals surface area contributed by atoms with Crippen LogP contribution in [0, 0.1) is 6.92 Å². The Bertz CT molecular complexity index is 306. The average Bonchev–Trinajstić information content (AvgIpc) is 2.02. The maximum Gasteiger partial charge on any atom is 0.403 e. The molecule has 1 nitrogen and oxygen atoms in total. The molecule has 78 valence electrons. The van der Waals surface area contributed by atoms with Gasteiger partial charge in [0.25, 0.3) is 0 Å². The number of halogens is 3. The fourth-order valence-corrected chi connectivity index (χ4v) is 1.21. The fourth-order valence-electron chi connectivity index (χ4n) is 1.21. The molecule has 0 saturated heterocycles. The molecule has 0 aliphatic heterocycles. The third kappa shape index (κ3) is 3.03. The second-order valence-electron chi connectivity index (χ2n) is 3.34. The summed E-state index contributed by atoms with van der Waals surface area (Å²) in [6.07, 6.45) is -4.48. The van der Waals surface area contributed by atoms with Crippen molar-refractivity contribution in [3.05, 3.63) is 35.4 Å². The van der Waals surface area contributed by atoms with Crippen LogP contribution in [0.2, 0.25) is 0 Å². The molecule has 1 aromatic carbocycles. The van der Waals surface area contributed by atoms with Gasteiger partial charge in [-0.2, -0.15) is 13.2 Å². The lowest BCUT2D eigenvalue weighted by Gasteiger charge is -2.15. The van der Waals surface area contributed by atoms with Gasteiger partial charge in [-0.15, -0.1) is 0 Å². The first-order valence-electron chi connectivity index (χ1n) is 4.27. The van der Waals surface area contributed by atoms with Crippen LogP contribution < -0.4 is 5.73 Å². The van der Waals surface area contributed by atoms with Crippen molar-refractivity contribution >= 4 is 0 Å². The van der Waals surface area contributed by atoms with Crippen molar-refractivity contribution in [3.63, 3.8) is 0 Å². The van der Waals surface area contributed by atoms with Crippen molar-refractivity contribution < 1.29 is 13.2 Å². The number of rotatable bonds is 2. The summed E-state index contributed by atoms with van der Waals surface area (Å²) >= 11 is 0. The standard InChI is InChI=1S/C10H12F3N/c1-7-3-2-4-8(5-7)6-9(14)10(11,12)13/h2-5,9H,6,14H2,1H3/t9-/m0/s1. The van der Waals surface area contributed by atoms with Gasteiger partial charge in [0.1, 0.15) is 6.04 Å². The number of benzene rings is 1. The van der Waals surface area contributed by atoms with Gasteiger partial charge in [-0.3, -0.25) is 0 Å². The zero-order chi connectivity index (χ0) is 10.8. The molecule has 0 bridgehead atoms. The summed E-state index contributed by atoms with van der Waals surface area (Å²) in [4.78, 5) is 0. The van der Waals surface area contributed by atoms with Crippen molar-refractivity contribution in [1.82, 2.24) is 0 Å². The second kappa shape index (κ2) is 4.00. The number of hydrogen-bond donors (Lipinski definition) is 1. The van der Waals surface area contributed by atoms with Gasteiger partial charge in [-0.1, -0.05) is 29.8 Å². The fraction of sp³-hybridized carbons (Fsp3) is 0.400. The minimum Gasteiger partial charge on any atom is -0.320 e. The highest BCUT2D eigenvalue weighted by Gasteiger charge is 2.36. The smallest absolute Gasteiger partial charge is 0.320 e. The van der Waals surface area contributed by atoms with E-state index < -0.39 is 12.2 Å². The molecule has 0 saturated carbocycles. The van der Waals surface area contributed by atoms with E-state index >= 15 is 0 Å². The molecule has 0 radical (unpaired) electrons. The third-order valence-corrected chi connectivity index (χ3v) is 1.96. The maximum atomic E-state index is 12.1. The van der Waals surface area contributed by atoms with E-state index in [0.29, 0.717) is 5.56 Å². The summed E-state index contributed by atoms with van der Waals surface area (Å²) in [6.45, 7) is 1.84. The molecule has 2 N–H and O–H groups in total. The van der Waals surface area contributed by atoms with Gasteiger partial charge >= 0.3 is 6.18 Å². The lowest BCUT2D eigenvalue weighted by molar-refractivity contribution is -0.147. The highest BCUT2D eigenvalue weighted by atomic mass is 19.4. The Morgan fingerprint density at radius 2 is 2.00 bits per heavy atom. The van der Waals surface area contributed by atoms with E-state index in [1.165, 1.54) is 0 Å². The molecular weight excluding hydrogens is 191 g/mol. The van der Waals surface area contributed by atoms with E-state index in [0.717, 1.165) is 5.56 Å². The van der Waals surface area contributed by atoms with Crippen molar-refractivity contribution in [2.24, 2.45) is 5.73 Å². The maximum absolute atomic E-state index is 12.1. The number of nitrogens with two attached hydrogens (primary N) is 1. The van der Waals surface area contributed by atoms with E-state index in [1.54, 1.807) is 18.2 Å². The molecular formula is C10H12F3N. The van der Waals surface area contributed by atoms with Crippen molar-refractivity contribution in [1.29, 1.82) is 0 Å². The van der Waals surface area contributed by atoms with Crippen LogP contribution in [-0.4, -0.2) is 12.2 Å². The third-order valence-electron chi connectivity index (χ3n) is 1.96. The molecule has 0 aliphatic rings. The highest BCUT2D eigenvalue weighted by Crippen LogP contribution is 2.21. The average molecular weight is 203 g/mol. The molecule has 0 fully saturated rings. The predicted molar refractivity (Wildman–Crippen MR) is 48.9 cm³/mol. The molecule has 1 atom stereocenters. The number of hydrogen-bond acceptors (Lipinski definition) is 1. The first-order chi connectivity index (χ1) is 6.39. The van der Waals surface area contributed by atoms with Crippen molar-refractivity contribution in [2.75, 3.05) is 0 Å². The molecule has 0 amide bonds. The molecule has 0 heterocycles. The molecule has 1 aromatic rings. The summed E-state index contributed by atoms with van der Waals surface area (Å²) in [5.74, 6) is 0. The number of aryl methyl sites for hydroxylation is 1. The minimum absolute atomic E-state index is 0.162. The Morgan fingerprint density at radius 3 is 2.50 bits per heavy atom. The van der Waals surface area contributed by atoms with E-state index in [2.05, 4.69) is 0 Å². The lowest BCUT2D eigenvalue weighted by atomic mass is 10.0. The summed E-state index contributed by atoms with van der Waals surface area (Å²) in [6, 6.07) is 5.16. The summed E-state index contributed by atoms with van der Waals surface area (Å²) in [5, 5.41) is 0. The van der Waals surface area contributed by atoms with Crippen LogP contribution in [0.25, 0.3) is 0 Å². The molecule has 0 unspecified atom stereocenters. The minimum atomic E-state index is -4.32. The molecule has 0 aliphatic carbocycles. The summed E-state index contributed by atoms with van der Waals surface area (Å²) in [7, 11) is 0. The SMILES string of the molecule is Cc1cccc(C[C@H](N)C(F)(F)F)c1. The Balaban J connectivity index is 2.70. The van der Waals surface area contributed by atoms with Crippen LogP contribution >= 0.6 is 0 Å². The Morgan fingerprint density at radius 1 is 1.36 bits per heavy atom. The summed E-state index contributed by atoms with van der Waals surface area (Å²) < 4.78 is 36.3. The quantitative estimate of drug-likeness (QED) is 0.784. The van der Waals surface area contributed by atoms with Gasteiger partial charge in [0, 0.05) is 0 Å². The van der Waals surface area contributed by atoms with Gasteiger partial charge in [-0.05, 0) is 18.9 Å². The van der Waals surface area contributed by atoms with Crippen LogP contribution in [0.15, 0.2) is 24.3 Å². The van der Waals surface area contributed by atoms with Crippen molar-refractivity contribution in [2.45, 2.75) is 25.6 Å². The Kier molecular flexibility index (Phi) is 3.16. The monoisotopic (exact) mass is 203 g/mol. The normalized spacial score (nSPS) is 14.1. The number of alkyl halides is 3. The van der Waals surface area contributed by atoms with Gasteiger partial charge < -0.3 is 5.73 Å². The van der Waals surface area contributed by atoms with Crippen LogP contribution in [0.3, 0.4) is 0 Å². The molecule has 1 rings (SSSR count). The topological polar surface area (TPSA) is 26.0 Å². The Labute approximate surface area is 80.7 Å². The van der Waals surface area contributed by atoms with E-state index in [-0.39, 0.29) is 6.42 Å². The zero-order valence-corrected chi connectivity index (χ0v) is 7.81. The largest absolute Gasteiger partial charge is 0.403 e. The van der Waals surface area contributed by atoms with Gasteiger partial charge in [0.2, 0.25) is 0 Å². The molecule has 14 heavy (non-hydrogen) atoms. The second-order valence-corrected chi connectivity index (χ2v) is 3.34. The summed E-state index contributed by atoms with van der Waals surface area (Å²) in [5.41, 5.74) is 6.57.